The predicted octanol–water partition coefficient (Wildman–Crippen LogP) is 4.28. The van der Waals surface area contributed by atoms with Crippen LogP contribution < -0.4 is 0 Å². The second-order valence-corrected chi connectivity index (χ2v) is 6.50. The first kappa shape index (κ1) is 15.8. The van der Waals surface area contributed by atoms with E-state index in [9.17, 15) is 4.79 Å². The summed E-state index contributed by atoms with van der Waals surface area (Å²) >= 11 is 7.22. The zero-order chi connectivity index (χ0) is 16.4. The van der Waals surface area contributed by atoms with Gasteiger partial charge in [-0.25, -0.2) is 9.98 Å². The zero-order valence-electron chi connectivity index (χ0n) is 12.7. The van der Waals surface area contributed by atoms with Crippen LogP contribution in [0.4, 0.5) is 5.82 Å². The molecule has 1 fully saturated rings. The average molecular weight is 344 g/mol. The van der Waals surface area contributed by atoms with Gasteiger partial charge in [0.25, 0.3) is 5.91 Å². The van der Waals surface area contributed by atoms with Crippen LogP contribution in [0, 0.1) is 6.92 Å². The van der Waals surface area contributed by atoms with Crippen LogP contribution in [0.15, 0.2) is 52.4 Å². The maximum absolute atomic E-state index is 12.4. The van der Waals surface area contributed by atoms with Crippen LogP contribution in [-0.4, -0.2) is 28.0 Å². The van der Waals surface area contributed by atoms with E-state index in [1.807, 2.05) is 43.3 Å². The number of likely N-dealkylation sites (N-methyl/N-ethyl adjacent to an activating group) is 1. The number of pyridine rings is 1. The van der Waals surface area contributed by atoms with E-state index in [0.29, 0.717) is 20.9 Å². The van der Waals surface area contributed by atoms with Crippen molar-refractivity contribution in [1.82, 2.24) is 9.88 Å². The fourth-order valence-corrected chi connectivity index (χ4v) is 3.15. The predicted molar refractivity (Wildman–Crippen MR) is 95.9 cm³/mol. The summed E-state index contributed by atoms with van der Waals surface area (Å²) in [5, 5.41) is 1.29. The molecule has 2 heterocycles. The monoisotopic (exact) mass is 343 g/mol. The highest BCUT2D eigenvalue weighted by atomic mass is 35.5. The number of aliphatic imine (C=N–C) groups is 1. The molecule has 1 aromatic heterocycles. The molecule has 0 saturated carbocycles. The summed E-state index contributed by atoms with van der Waals surface area (Å²) < 4.78 is 0. The summed E-state index contributed by atoms with van der Waals surface area (Å²) in [7, 11) is 1.71. The number of nitrogens with zero attached hydrogens (tertiary/aromatic N) is 3. The van der Waals surface area contributed by atoms with Gasteiger partial charge in [-0.15, -0.1) is 0 Å². The lowest BCUT2D eigenvalue weighted by Crippen LogP contribution is -2.23. The van der Waals surface area contributed by atoms with Gasteiger partial charge >= 0.3 is 0 Å². The Balaban J connectivity index is 1.89. The fraction of sp³-hybridized carbons (Fsp3) is 0.118. The van der Waals surface area contributed by atoms with E-state index in [1.165, 1.54) is 16.7 Å². The van der Waals surface area contributed by atoms with Crippen molar-refractivity contribution < 1.29 is 4.79 Å². The van der Waals surface area contributed by atoms with Gasteiger partial charge < -0.3 is 0 Å². The summed E-state index contributed by atoms with van der Waals surface area (Å²) in [4.78, 5) is 23.3. The summed E-state index contributed by atoms with van der Waals surface area (Å²) in [5.41, 5.74) is 1.81. The lowest BCUT2D eigenvalue weighted by molar-refractivity contribution is -0.121. The molecular weight excluding hydrogens is 330 g/mol. The standard InChI is InChI=1S/C17H14ClN3OS/c1-11-4-3-5-15(19-11)20-17-21(2)16(22)14(23-17)10-12-6-8-13(18)9-7-12/h3-10H,1-2H3/b14-10-,20-17+. The Morgan fingerprint density at radius 1 is 1.22 bits per heavy atom. The zero-order valence-corrected chi connectivity index (χ0v) is 14.2. The van der Waals surface area contributed by atoms with Crippen molar-refractivity contribution >= 4 is 46.3 Å². The van der Waals surface area contributed by atoms with E-state index in [0.717, 1.165) is 11.3 Å². The lowest BCUT2D eigenvalue weighted by atomic mass is 10.2. The smallest absolute Gasteiger partial charge is 0.266 e. The highest BCUT2D eigenvalue weighted by Crippen LogP contribution is 2.32. The topological polar surface area (TPSA) is 45.6 Å². The van der Waals surface area contributed by atoms with Crippen LogP contribution in [0.25, 0.3) is 6.08 Å². The highest BCUT2D eigenvalue weighted by molar-refractivity contribution is 8.18. The van der Waals surface area contributed by atoms with Crippen molar-refractivity contribution in [1.29, 1.82) is 0 Å². The molecule has 0 atom stereocenters. The average Bonchev–Trinajstić information content (AvgIpc) is 2.78. The third-order valence-electron chi connectivity index (χ3n) is 3.26. The molecule has 0 radical (unpaired) electrons. The van der Waals surface area contributed by atoms with Gasteiger partial charge in [-0.05, 0) is 54.6 Å². The summed E-state index contributed by atoms with van der Waals surface area (Å²) in [6, 6.07) is 13.0. The van der Waals surface area contributed by atoms with E-state index >= 15 is 0 Å². The third kappa shape index (κ3) is 3.63. The fourth-order valence-electron chi connectivity index (χ4n) is 2.05. The molecule has 2 aromatic rings. The molecule has 0 N–H and O–H groups in total. The summed E-state index contributed by atoms with van der Waals surface area (Å²) in [6.45, 7) is 1.91. The number of hydrogen-bond acceptors (Lipinski definition) is 4. The molecule has 1 amide bonds. The molecule has 1 saturated heterocycles. The Labute approximate surface area is 143 Å². The molecule has 116 valence electrons. The maximum atomic E-state index is 12.4. The van der Waals surface area contributed by atoms with Crippen molar-refractivity contribution in [3.63, 3.8) is 0 Å². The van der Waals surface area contributed by atoms with Crippen molar-refractivity contribution in [3.8, 4) is 0 Å². The largest absolute Gasteiger partial charge is 0.289 e. The number of aryl methyl sites for hydroxylation is 1. The van der Waals surface area contributed by atoms with Gasteiger partial charge in [0.2, 0.25) is 0 Å². The van der Waals surface area contributed by atoms with Crippen LogP contribution in [0.1, 0.15) is 11.3 Å². The van der Waals surface area contributed by atoms with Crippen LogP contribution in [0.2, 0.25) is 5.02 Å². The number of carbonyl (C=O) groups excluding carboxylic acids is 1. The Morgan fingerprint density at radius 2 is 1.96 bits per heavy atom. The molecule has 0 unspecified atom stereocenters. The molecule has 4 nitrogen and oxygen atoms in total. The number of rotatable bonds is 2. The number of thioether (sulfide) groups is 1. The number of aromatic nitrogens is 1. The Kier molecular flexibility index (Phi) is 4.50. The van der Waals surface area contributed by atoms with Gasteiger partial charge in [0, 0.05) is 17.8 Å². The number of amidine groups is 1. The SMILES string of the molecule is Cc1cccc(/N=C2/S/C(=C\c3ccc(Cl)cc3)C(=O)N2C)n1. The second-order valence-electron chi connectivity index (χ2n) is 5.06. The minimum Gasteiger partial charge on any atom is -0.289 e. The molecule has 0 bridgehead atoms. The normalized spacial score (nSPS) is 18.2. The van der Waals surface area contributed by atoms with E-state index in [1.54, 1.807) is 19.2 Å². The molecule has 1 aliphatic heterocycles. The minimum atomic E-state index is -0.0728. The quantitative estimate of drug-likeness (QED) is 0.765. The first-order chi connectivity index (χ1) is 11.0. The number of hydrogen-bond donors (Lipinski definition) is 0. The Bertz CT molecular complexity index is 815. The van der Waals surface area contributed by atoms with Crippen LogP contribution in [0.5, 0.6) is 0 Å². The van der Waals surface area contributed by atoms with Gasteiger partial charge in [0.1, 0.15) is 0 Å². The highest BCUT2D eigenvalue weighted by Gasteiger charge is 2.30. The Hall–Kier alpha value is -2.11. The second kappa shape index (κ2) is 6.56. The minimum absolute atomic E-state index is 0.0728. The molecule has 1 aliphatic rings. The molecule has 0 spiro atoms. The van der Waals surface area contributed by atoms with Gasteiger partial charge in [0.05, 0.1) is 4.91 Å². The number of benzene rings is 1. The van der Waals surface area contributed by atoms with Gasteiger partial charge in [-0.1, -0.05) is 29.8 Å². The maximum Gasteiger partial charge on any atom is 0.266 e. The number of halogens is 1. The molecular formula is C17H14ClN3OS. The Morgan fingerprint density at radius 3 is 2.65 bits per heavy atom. The van der Waals surface area contributed by atoms with Gasteiger partial charge in [-0.3, -0.25) is 9.69 Å². The van der Waals surface area contributed by atoms with Crippen LogP contribution in [0.3, 0.4) is 0 Å². The van der Waals surface area contributed by atoms with Crippen LogP contribution >= 0.6 is 23.4 Å². The summed E-state index contributed by atoms with van der Waals surface area (Å²) in [6.07, 6.45) is 1.84. The third-order valence-corrected chi connectivity index (χ3v) is 4.57. The van der Waals surface area contributed by atoms with E-state index in [-0.39, 0.29) is 5.91 Å². The van der Waals surface area contributed by atoms with Crippen molar-refractivity contribution in [2.24, 2.45) is 4.99 Å². The van der Waals surface area contributed by atoms with Crippen molar-refractivity contribution in [3.05, 3.63) is 63.6 Å². The van der Waals surface area contributed by atoms with Crippen LogP contribution in [-0.2, 0) is 4.79 Å². The van der Waals surface area contributed by atoms with E-state index in [4.69, 9.17) is 11.6 Å². The van der Waals surface area contributed by atoms with Crippen molar-refractivity contribution in [2.75, 3.05) is 7.05 Å². The first-order valence-electron chi connectivity index (χ1n) is 6.98. The molecule has 0 aliphatic carbocycles. The molecule has 1 aromatic carbocycles. The van der Waals surface area contributed by atoms with Gasteiger partial charge in [0.15, 0.2) is 11.0 Å². The molecule has 23 heavy (non-hydrogen) atoms. The number of amides is 1. The van der Waals surface area contributed by atoms with Gasteiger partial charge in [-0.2, -0.15) is 0 Å². The lowest BCUT2D eigenvalue weighted by Gasteiger charge is -2.06. The first-order valence-corrected chi connectivity index (χ1v) is 8.18. The van der Waals surface area contributed by atoms with Crippen molar-refractivity contribution in [2.45, 2.75) is 6.92 Å². The van der Waals surface area contributed by atoms with E-state index < -0.39 is 0 Å². The summed E-state index contributed by atoms with van der Waals surface area (Å²) in [5.74, 6) is 0.524. The number of carbonyl (C=O) groups is 1. The molecule has 3 rings (SSSR count). The molecule has 6 heteroatoms. The van der Waals surface area contributed by atoms with E-state index in [2.05, 4.69) is 9.98 Å².